The van der Waals surface area contributed by atoms with Crippen LogP contribution < -0.4 is 5.73 Å². The summed E-state index contributed by atoms with van der Waals surface area (Å²) in [7, 11) is 0. The first kappa shape index (κ1) is 11.5. The maximum atomic E-state index is 6.40. The van der Waals surface area contributed by atoms with E-state index in [0.717, 1.165) is 0 Å². The number of rotatable bonds is 2. The Morgan fingerprint density at radius 3 is 2.72 bits per heavy atom. The molecule has 0 saturated heterocycles. The minimum atomic E-state index is -0.0407. The van der Waals surface area contributed by atoms with Gasteiger partial charge in [-0.25, -0.2) is 0 Å². The third-order valence-electron chi connectivity index (χ3n) is 3.25. The van der Waals surface area contributed by atoms with E-state index >= 15 is 0 Å². The summed E-state index contributed by atoms with van der Waals surface area (Å²) < 4.78 is 1.30. The van der Waals surface area contributed by atoms with Gasteiger partial charge < -0.3 is 5.73 Å². The smallest absolute Gasteiger partial charge is 0.0566 e. The summed E-state index contributed by atoms with van der Waals surface area (Å²) in [5.74, 6) is 0. The minimum Gasteiger partial charge on any atom is -0.320 e. The third-order valence-corrected chi connectivity index (χ3v) is 4.23. The van der Waals surface area contributed by atoms with Gasteiger partial charge in [0.1, 0.15) is 0 Å². The van der Waals surface area contributed by atoms with E-state index in [1.54, 1.807) is 11.3 Å². The SMILES string of the molecule is Cc1cccc(C(N)c2csc3ccccc23)c1. The predicted octanol–water partition coefficient (Wildman–Crippen LogP) is 4.26. The van der Waals surface area contributed by atoms with Crippen molar-refractivity contribution in [1.82, 2.24) is 0 Å². The molecule has 0 fully saturated rings. The van der Waals surface area contributed by atoms with Crippen molar-refractivity contribution in [1.29, 1.82) is 0 Å². The number of thiophene rings is 1. The summed E-state index contributed by atoms with van der Waals surface area (Å²) in [4.78, 5) is 0. The molecule has 3 rings (SSSR count). The molecule has 2 heteroatoms. The Balaban J connectivity index is 2.09. The topological polar surface area (TPSA) is 26.0 Å². The van der Waals surface area contributed by atoms with Crippen molar-refractivity contribution in [2.75, 3.05) is 0 Å². The largest absolute Gasteiger partial charge is 0.320 e. The number of benzene rings is 2. The van der Waals surface area contributed by atoms with Crippen LogP contribution in [-0.2, 0) is 0 Å². The summed E-state index contributed by atoms with van der Waals surface area (Å²) in [6.45, 7) is 2.10. The highest BCUT2D eigenvalue weighted by Gasteiger charge is 2.13. The van der Waals surface area contributed by atoms with E-state index in [1.165, 1.54) is 26.8 Å². The van der Waals surface area contributed by atoms with Crippen molar-refractivity contribution in [3.05, 3.63) is 70.6 Å². The molecule has 90 valence electrons. The van der Waals surface area contributed by atoms with Crippen LogP contribution in [0.4, 0.5) is 0 Å². The molecular formula is C16H15NS. The Labute approximate surface area is 111 Å². The van der Waals surface area contributed by atoms with E-state index in [4.69, 9.17) is 5.73 Å². The minimum absolute atomic E-state index is 0.0407. The summed E-state index contributed by atoms with van der Waals surface area (Å²) in [5, 5.41) is 3.45. The highest BCUT2D eigenvalue weighted by Crippen LogP contribution is 2.32. The first-order valence-corrected chi connectivity index (χ1v) is 6.92. The summed E-state index contributed by atoms with van der Waals surface area (Å²) >= 11 is 1.76. The van der Waals surface area contributed by atoms with Gasteiger partial charge in [-0.05, 0) is 34.9 Å². The van der Waals surface area contributed by atoms with Gasteiger partial charge in [0.2, 0.25) is 0 Å². The van der Waals surface area contributed by atoms with Gasteiger partial charge in [-0.3, -0.25) is 0 Å². The maximum absolute atomic E-state index is 6.40. The van der Waals surface area contributed by atoms with E-state index in [2.05, 4.69) is 60.8 Å². The average molecular weight is 253 g/mol. The lowest BCUT2D eigenvalue weighted by molar-refractivity contribution is 0.883. The van der Waals surface area contributed by atoms with Gasteiger partial charge in [0, 0.05) is 4.70 Å². The van der Waals surface area contributed by atoms with Crippen molar-refractivity contribution in [3.63, 3.8) is 0 Å². The van der Waals surface area contributed by atoms with E-state index in [0.29, 0.717) is 0 Å². The maximum Gasteiger partial charge on any atom is 0.0566 e. The van der Waals surface area contributed by atoms with Crippen LogP contribution >= 0.6 is 11.3 Å². The lowest BCUT2D eigenvalue weighted by Gasteiger charge is -2.12. The number of nitrogens with two attached hydrogens (primary N) is 1. The Kier molecular flexibility index (Phi) is 2.90. The van der Waals surface area contributed by atoms with Gasteiger partial charge in [-0.2, -0.15) is 0 Å². The van der Waals surface area contributed by atoms with Gasteiger partial charge >= 0.3 is 0 Å². The molecule has 0 spiro atoms. The molecule has 0 aliphatic carbocycles. The Morgan fingerprint density at radius 2 is 1.89 bits per heavy atom. The fourth-order valence-electron chi connectivity index (χ4n) is 2.28. The van der Waals surface area contributed by atoms with Crippen LogP contribution in [0.25, 0.3) is 10.1 Å². The molecule has 3 aromatic rings. The van der Waals surface area contributed by atoms with Crippen LogP contribution in [0, 0.1) is 6.92 Å². The van der Waals surface area contributed by atoms with Gasteiger partial charge in [0.05, 0.1) is 6.04 Å². The normalized spacial score (nSPS) is 12.8. The van der Waals surface area contributed by atoms with Crippen LogP contribution in [-0.4, -0.2) is 0 Å². The molecule has 0 aliphatic rings. The van der Waals surface area contributed by atoms with E-state index < -0.39 is 0 Å². The summed E-state index contributed by atoms with van der Waals surface area (Å²) in [5.41, 5.74) is 10.1. The van der Waals surface area contributed by atoms with Gasteiger partial charge in [-0.1, -0.05) is 48.0 Å². The Hall–Kier alpha value is -1.64. The molecule has 1 heterocycles. The van der Waals surface area contributed by atoms with Crippen LogP contribution in [0.2, 0.25) is 0 Å². The molecule has 0 bridgehead atoms. The molecule has 0 amide bonds. The first-order valence-electron chi connectivity index (χ1n) is 6.04. The lowest BCUT2D eigenvalue weighted by Crippen LogP contribution is -2.11. The number of aryl methyl sites for hydroxylation is 1. The standard InChI is InChI=1S/C16H15NS/c1-11-5-4-6-12(9-11)16(17)14-10-18-15-8-3-2-7-13(14)15/h2-10,16H,17H2,1H3. The highest BCUT2D eigenvalue weighted by atomic mass is 32.1. The molecule has 2 aromatic carbocycles. The average Bonchev–Trinajstić information content (AvgIpc) is 2.82. The molecular weight excluding hydrogens is 238 g/mol. The molecule has 1 aromatic heterocycles. The highest BCUT2D eigenvalue weighted by molar-refractivity contribution is 7.17. The van der Waals surface area contributed by atoms with Crippen molar-refractivity contribution >= 4 is 21.4 Å². The number of hydrogen-bond acceptors (Lipinski definition) is 2. The zero-order chi connectivity index (χ0) is 12.5. The van der Waals surface area contributed by atoms with Crippen LogP contribution in [0.3, 0.4) is 0 Å². The Morgan fingerprint density at radius 1 is 1.06 bits per heavy atom. The van der Waals surface area contributed by atoms with Crippen LogP contribution in [0.15, 0.2) is 53.9 Å². The van der Waals surface area contributed by atoms with Crippen molar-refractivity contribution in [2.24, 2.45) is 5.73 Å². The monoisotopic (exact) mass is 253 g/mol. The Bertz CT molecular complexity index is 684. The van der Waals surface area contributed by atoms with E-state index in [9.17, 15) is 0 Å². The molecule has 0 radical (unpaired) electrons. The molecule has 1 nitrogen and oxygen atoms in total. The number of fused-ring (bicyclic) bond motifs is 1. The van der Waals surface area contributed by atoms with E-state index in [1.807, 2.05) is 0 Å². The molecule has 2 N–H and O–H groups in total. The fourth-order valence-corrected chi connectivity index (χ4v) is 3.28. The second-order valence-corrected chi connectivity index (χ2v) is 5.49. The van der Waals surface area contributed by atoms with Crippen LogP contribution in [0.5, 0.6) is 0 Å². The van der Waals surface area contributed by atoms with Crippen molar-refractivity contribution in [3.8, 4) is 0 Å². The lowest BCUT2D eigenvalue weighted by atomic mass is 9.98. The molecule has 0 aliphatic heterocycles. The predicted molar refractivity (Wildman–Crippen MR) is 79.0 cm³/mol. The second-order valence-electron chi connectivity index (χ2n) is 4.58. The molecule has 1 atom stereocenters. The summed E-state index contributed by atoms with van der Waals surface area (Å²) in [6, 6.07) is 16.8. The van der Waals surface area contributed by atoms with Gasteiger partial charge in [0.15, 0.2) is 0 Å². The zero-order valence-electron chi connectivity index (χ0n) is 10.3. The summed E-state index contributed by atoms with van der Waals surface area (Å²) in [6.07, 6.45) is 0. The molecule has 0 saturated carbocycles. The molecule has 1 unspecified atom stereocenters. The van der Waals surface area contributed by atoms with Crippen molar-refractivity contribution in [2.45, 2.75) is 13.0 Å². The van der Waals surface area contributed by atoms with E-state index in [-0.39, 0.29) is 6.04 Å². The van der Waals surface area contributed by atoms with Gasteiger partial charge in [-0.15, -0.1) is 11.3 Å². The fraction of sp³-hybridized carbons (Fsp3) is 0.125. The number of hydrogen-bond donors (Lipinski definition) is 1. The zero-order valence-corrected chi connectivity index (χ0v) is 11.1. The third kappa shape index (κ3) is 1.94. The first-order chi connectivity index (χ1) is 8.75. The molecule has 18 heavy (non-hydrogen) atoms. The second kappa shape index (κ2) is 4.56. The van der Waals surface area contributed by atoms with Gasteiger partial charge in [0.25, 0.3) is 0 Å². The quantitative estimate of drug-likeness (QED) is 0.725. The van der Waals surface area contributed by atoms with Crippen molar-refractivity contribution < 1.29 is 0 Å². The van der Waals surface area contributed by atoms with Crippen LogP contribution in [0.1, 0.15) is 22.7 Å².